The van der Waals surface area contributed by atoms with Crippen molar-refractivity contribution in [1.82, 2.24) is 19.7 Å². The highest BCUT2D eigenvalue weighted by Gasteiger charge is 2.21. The number of carbonyl (C=O) groups is 2. The second kappa shape index (κ2) is 8.57. The normalized spacial score (nSPS) is 14.3. The van der Waals surface area contributed by atoms with Crippen LogP contribution in [0.15, 0.2) is 30.9 Å². The summed E-state index contributed by atoms with van der Waals surface area (Å²) in [6.07, 6.45) is 4.14. The maximum Gasteiger partial charge on any atom is 0.254 e. The van der Waals surface area contributed by atoms with Gasteiger partial charge in [0.1, 0.15) is 12.7 Å². The molecule has 1 aliphatic heterocycles. The zero-order chi connectivity index (χ0) is 18.4. The molecule has 8 nitrogen and oxygen atoms in total. The number of carbonyl (C=O) groups excluding carboxylic acids is 2. The number of ether oxygens (including phenoxy) is 1. The maximum absolute atomic E-state index is 12.7. The molecule has 1 N–H and O–H groups in total. The van der Waals surface area contributed by atoms with Crippen molar-refractivity contribution in [1.29, 1.82) is 0 Å². The van der Waals surface area contributed by atoms with E-state index in [0.29, 0.717) is 56.9 Å². The molecule has 0 aliphatic carbocycles. The Morgan fingerprint density at radius 2 is 2.08 bits per heavy atom. The van der Waals surface area contributed by atoms with Gasteiger partial charge >= 0.3 is 0 Å². The van der Waals surface area contributed by atoms with Crippen molar-refractivity contribution in [3.05, 3.63) is 42.0 Å². The fourth-order valence-electron chi connectivity index (χ4n) is 2.90. The summed E-state index contributed by atoms with van der Waals surface area (Å²) < 4.78 is 6.99. The number of aromatic nitrogens is 3. The third kappa shape index (κ3) is 4.45. The lowest BCUT2D eigenvalue weighted by Gasteiger charge is -2.27. The Morgan fingerprint density at radius 1 is 1.27 bits per heavy atom. The summed E-state index contributed by atoms with van der Waals surface area (Å²) in [5, 5.41) is 6.92. The minimum Gasteiger partial charge on any atom is -0.378 e. The largest absolute Gasteiger partial charge is 0.378 e. The molecule has 1 fully saturated rings. The van der Waals surface area contributed by atoms with Crippen molar-refractivity contribution >= 4 is 17.5 Å². The fourth-order valence-corrected chi connectivity index (χ4v) is 2.90. The molecule has 2 aromatic rings. The molecule has 1 aliphatic rings. The first kappa shape index (κ1) is 18.1. The summed E-state index contributed by atoms with van der Waals surface area (Å²) in [6, 6.07) is 5.42. The monoisotopic (exact) mass is 357 g/mol. The van der Waals surface area contributed by atoms with Gasteiger partial charge in [-0.15, -0.1) is 0 Å². The molecule has 138 valence electrons. The number of amides is 2. The summed E-state index contributed by atoms with van der Waals surface area (Å²) in [4.78, 5) is 30.6. The molecule has 1 aromatic carbocycles. The standard InChI is InChI=1S/C18H23N5O3/c1-14-15(18(25)22-8-10-26-11-9-22)4-2-5-16(14)21-17(24)6-3-7-23-13-19-12-20-23/h2,4-5,12-13H,3,6-11H2,1H3,(H,21,24). The van der Waals surface area contributed by atoms with Crippen molar-refractivity contribution < 1.29 is 14.3 Å². The average Bonchev–Trinajstić information content (AvgIpc) is 3.17. The van der Waals surface area contributed by atoms with Gasteiger partial charge in [0.25, 0.3) is 5.91 Å². The van der Waals surface area contributed by atoms with Gasteiger partial charge in [-0.3, -0.25) is 14.3 Å². The lowest BCUT2D eigenvalue weighted by Crippen LogP contribution is -2.41. The van der Waals surface area contributed by atoms with E-state index < -0.39 is 0 Å². The van der Waals surface area contributed by atoms with E-state index in [1.54, 1.807) is 28.0 Å². The second-order valence-corrected chi connectivity index (χ2v) is 6.19. The molecule has 3 rings (SSSR count). The van der Waals surface area contributed by atoms with Crippen LogP contribution >= 0.6 is 0 Å². The number of nitrogens with zero attached hydrogens (tertiary/aromatic N) is 4. The van der Waals surface area contributed by atoms with Crippen LogP contribution in [0.25, 0.3) is 0 Å². The van der Waals surface area contributed by atoms with Gasteiger partial charge in [0.2, 0.25) is 5.91 Å². The number of nitrogens with one attached hydrogen (secondary N) is 1. The SMILES string of the molecule is Cc1c(NC(=O)CCCn2cncn2)cccc1C(=O)N1CCOCC1. The van der Waals surface area contributed by atoms with Gasteiger partial charge in [-0.25, -0.2) is 4.98 Å². The van der Waals surface area contributed by atoms with E-state index >= 15 is 0 Å². The van der Waals surface area contributed by atoms with Crippen LogP contribution in [0.2, 0.25) is 0 Å². The summed E-state index contributed by atoms with van der Waals surface area (Å²) in [5.41, 5.74) is 2.08. The predicted molar refractivity (Wildman–Crippen MR) is 95.8 cm³/mol. The van der Waals surface area contributed by atoms with E-state index in [1.165, 1.54) is 6.33 Å². The Labute approximate surface area is 152 Å². The lowest BCUT2D eigenvalue weighted by atomic mass is 10.0. The summed E-state index contributed by atoms with van der Waals surface area (Å²) in [6.45, 7) is 4.81. The summed E-state index contributed by atoms with van der Waals surface area (Å²) >= 11 is 0. The number of morpholine rings is 1. The third-order valence-electron chi connectivity index (χ3n) is 4.39. The quantitative estimate of drug-likeness (QED) is 0.846. The molecule has 2 heterocycles. The van der Waals surface area contributed by atoms with E-state index in [9.17, 15) is 9.59 Å². The van der Waals surface area contributed by atoms with Crippen LogP contribution in [0.1, 0.15) is 28.8 Å². The van der Waals surface area contributed by atoms with Crippen LogP contribution in [0.4, 0.5) is 5.69 Å². The first-order valence-corrected chi connectivity index (χ1v) is 8.74. The Kier molecular flexibility index (Phi) is 5.96. The molecule has 2 amide bonds. The second-order valence-electron chi connectivity index (χ2n) is 6.19. The van der Waals surface area contributed by atoms with Crippen LogP contribution in [0.5, 0.6) is 0 Å². The Balaban J connectivity index is 1.59. The smallest absolute Gasteiger partial charge is 0.254 e. The van der Waals surface area contributed by atoms with Gasteiger partial charge in [0, 0.05) is 37.3 Å². The molecule has 0 radical (unpaired) electrons. The van der Waals surface area contributed by atoms with Crippen LogP contribution < -0.4 is 5.32 Å². The lowest BCUT2D eigenvalue weighted by molar-refractivity contribution is -0.116. The van der Waals surface area contributed by atoms with Crippen molar-refractivity contribution in [2.24, 2.45) is 0 Å². The number of hydrogen-bond acceptors (Lipinski definition) is 5. The van der Waals surface area contributed by atoms with E-state index in [4.69, 9.17) is 4.74 Å². The Morgan fingerprint density at radius 3 is 2.81 bits per heavy atom. The number of aryl methyl sites for hydroxylation is 1. The highest BCUT2D eigenvalue weighted by atomic mass is 16.5. The number of hydrogen-bond donors (Lipinski definition) is 1. The molecule has 1 saturated heterocycles. The molecule has 0 spiro atoms. The van der Waals surface area contributed by atoms with Crippen LogP contribution in [0, 0.1) is 6.92 Å². The molecule has 26 heavy (non-hydrogen) atoms. The molecule has 0 bridgehead atoms. The van der Waals surface area contributed by atoms with Crippen LogP contribution in [-0.4, -0.2) is 57.8 Å². The summed E-state index contributed by atoms with van der Waals surface area (Å²) in [5.74, 6) is -0.0998. The Bertz CT molecular complexity index is 754. The van der Waals surface area contributed by atoms with Crippen LogP contribution in [0.3, 0.4) is 0 Å². The van der Waals surface area contributed by atoms with E-state index in [2.05, 4.69) is 15.4 Å². The molecule has 8 heteroatoms. The minimum absolute atomic E-state index is 0.0203. The van der Waals surface area contributed by atoms with E-state index in [-0.39, 0.29) is 11.8 Å². The van der Waals surface area contributed by atoms with Gasteiger partial charge in [-0.1, -0.05) is 6.07 Å². The van der Waals surface area contributed by atoms with Crippen molar-refractivity contribution in [3.63, 3.8) is 0 Å². The van der Waals surface area contributed by atoms with Gasteiger partial charge in [0.05, 0.1) is 13.2 Å². The maximum atomic E-state index is 12.7. The molecular formula is C18H23N5O3. The predicted octanol–water partition coefficient (Wildman–Crippen LogP) is 1.48. The van der Waals surface area contributed by atoms with Gasteiger partial charge in [-0.05, 0) is 31.0 Å². The number of anilines is 1. The minimum atomic E-state index is -0.0795. The summed E-state index contributed by atoms with van der Waals surface area (Å²) in [7, 11) is 0. The molecule has 1 aromatic heterocycles. The highest BCUT2D eigenvalue weighted by Crippen LogP contribution is 2.21. The van der Waals surface area contributed by atoms with Gasteiger partial charge in [-0.2, -0.15) is 5.10 Å². The van der Waals surface area contributed by atoms with Crippen molar-refractivity contribution in [2.45, 2.75) is 26.3 Å². The molecule has 0 saturated carbocycles. The number of benzene rings is 1. The van der Waals surface area contributed by atoms with Gasteiger partial charge < -0.3 is 15.0 Å². The average molecular weight is 357 g/mol. The highest BCUT2D eigenvalue weighted by molar-refractivity contribution is 5.99. The van der Waals surface area contributed by atoms with E-state index in [1.807, 2.05) is 13.0 Å². The Hall–Kier alpha value is -2.74. The zero-order valence-corrected chi connectivity index (χ0v) is 14.9. The van der Waals surface area contributed by atoms with E-state index in [0.717, 1.165) is 5.56 Å². The van der Waals surface area contributed by atoms with Crippen LogP contribution in [-0.2, 0) is 16.1 Å². The zero-order valence-electron chi connectivity index (χ0n) is 14.9. The topological polar surface area (TPSA) is 89.3 Å². The number of rotatable bonds is 6. The van der Waals surface area contributed by atoms with Crippen molar-refractivity contribution in [2.75, 3.05) is 31.6 Å². The molecule has 0 atom stereocenters. The third-order valence-corrected chi connectivity index (χ3v) is 4.39. The van der Waals surface area contributed by atoms with Gasteiger partial charge in [0.15, 0.2) is 0 Å². The molecular weight excluding hydrogens is 334 g/mol. The first-order chi connectivity index (χ1) is 12.6. The first-order valence-electron chi connectivity index (χ1n) is 8.74. The molecule has 0 unspecified atom stereocenters. The fraction of sp³-hybridized carbons (Fsp3) is 0.444. The van der Waals surface area contributed by atoms with Crippen molar-refractivity contribution in [3.8, 4) is 0 Å².